The quantitative estimate of drug-likeness (QED) is 0.749. The zero-order valence-corrected chi connectivity index (χ0v) is 10.2. The summed E-state index contributed by atoms with van der Waals surface area (Å²) in [5, 5.41) is 3.76. The van der Waals surface area contributed by atoms with Crippen molar-refractivity contribution in [3.63, 3.8) is 0 Å². The van der Waals surface area contributed by atoms with E-state index in [-0.39, 0.29) is 0 Å². The fraction of sp³-hybridized carbons (Fsp3) is 1.00. The first-order valence-corrected chi connectivity index (χ1v) is 6.84. The van der Waals surface area contributed by atoms with E-state index in [0.29, 0.717) is 0 Å². The van der Waals surface area contributed by atoms with Crippen LogP contribution < -0.4 is 5.32 Å². The van der Waals surface area contributed by atoms with E-state index in [2.05, 4.69) is 17.1 Å². The lowest BCUT2D eigenvalue weighted by atomic mass is 10.1. The van der Waals surface area contributed by atoms with E-state index in [9.17, 15) is 0 Å². The molecule has 1 atom stereocenters. The van der Waals surface area contributed by atoms with Gasteiger partial charge in [-0.2, -0.15) is 0 Å². The Bertz CT molecular complexity index is 175. The molecule has 1 aliphatic carbocycles. The highest BCUT2D eigenvalue weighted by Gasteiger charge is 2.23. The Hall–Kier alpha value is -0.0800. The molecule has 0 spiro atoms. The van der Waals surface area contributed by atoms with Crippen LogP contribution in [0.1, 0.15) is 45.4 Å². The van der Waals surface area contributed by atoms with Gasteiger partial charge < -0.3 is 10.2 Å². The highest BCUT2D eigenvalue weighted by molar-refractivity contribution is 4.80. The molecule has 2 heteroatoms. The summed E-state index contributed by atoms with van der Waals surface area (Å²) in [4.78, 5) is 2.63. The first-order valence-electron chi connectivity index (χ1n) is 6.84. The fourth-order valence-corrected chi connectivity index (χ4v) is 3.06. The van der Waals surface area contributed by atoms with Gasteiger partial charge >= 0.3 is 0 Å². The fourth-order valence-electron chi connectivity index (χ4n) is 3.06. The third-order valence-electron chi connectivity index (χ3n) is 3.96. The predicted octanol–water partition coefficient (Wildman–Crippen LogP) is 2.25. The van der Waals surface area contributed by atoms with Crippen LogP contribution in [0.5, 0.6) is 0 Å². The van der Waals surface area contributed by atoms with Gasteiger partial charge in [0.15, 0.2) is 0 Å². The first kappa shape index (κ1) is 11.4. The maximum atomic E-state index is 3.76. The van der Waals surface area contributed by atoms with E-state index in [4.69, 9.17) is 0 Å². The van der Waals surface area contributed by atoms with Crippen LogP contribution in [0.25, 0.3) is 0 Å². The number of nitrogens with one attached hydrogen (secondary N) is 1. The van der Waals surface area contributed by atoms with Gasteiger partial charge in [-0.3, -0.25) is 0 Å². The Morgan fingerprint density at radius 3 is 2.73 bits per heavy atom. The van der Waals surface area contributed by atoms with Gasteiger partial charge in [0.1, 0.15) is 0 Å². The molecule has 0 bridgehead atoms. The normalized spacial score (nSPS) is 29.0. The van der Waals surface area contributed by atoms with E-state index >= 15 is 0 Å². The topological polar surface area (TPSA) is 15.3 Å². The molecule has 2 nitrogen and oxygen atoms in total. The second-order valence-electron chi connectivity index (χ2n) is 5.34. The lowest BCUT2D eigenvalue weighted by molar-refractivity contribution is 0.319. The molecule has 2 fully saturated rings. The lowest BCUT2D eigenvalue weighted by Gasteiger charge is -2.17. The maximum Gasteiger partial charge on any atom is 0.00671 e. The summed E-state index contributed by atoms with van der Waals surface area (Å²) < 4.78 is 0. The van der Waals surface area contributed by atoms with Crippen molar-refractivity contribution < 1.29 is 0 Å². The SMILES string of the molecule is CCCN1CCC(CNC2CCCC2)C1. The van der Waals surface area contributed by atoms with Crippen LogP contribution in [0.2, 0.25) is 0 Å². The van der Waals surface area contributed by atoms with Crippen LogP contribution >= 0.6 is 0 Å². The molecule has 1 heterocycles. The van der Waals surface area contributed by atoms with Crippen molar-refractivity contribution >= 4 is 0 Å². The number of likely N-dealkylation sites (tertiary alicyclic amines) is 1. The Kier molecular flexibility index (Phi) is 4.45. The van der Waals surface area contributed by atoms with E-state index in [1.807, 2.05) is 0 Å². The molecule has 0 amide bonds. The van der Waals surface area contributed by atoms with Crippen molar-refractivity contribution in [2.24, 2.45) is 5.92 Å². The van der Waals surface area contributed by atoms with E-state index < -0.39 is 0 Å². The van der Waals surface area contributed by atoms with Gasteiger partial charge in [-0.25, -0.2) is 0 Å². The predicted molar refractivity (Wildman–Crippen MR) is 65.1 cm³/mol. The molecular weight excluding hydrogens is 184 g/mol. The van der Waals surface area contributed by atoms with Crippen molar-refractivity contribution in [3.8, 4) is 0 Å². The minimum absolute atomic E-state index is 0.852. The number of hydrogen-bond acceptors (Lipinski definition) is 2. The Morgan fingerprint density at radius 2 is 2.00 bits per heavy atom. The second kappa shape index (κ2) is 5.86. The first-order chi connectivity index (χ1) is 7.38. The van der Waals surface area contributed by atoms with Crippen LogP contribution in [-0.2, 0) is 0 Å². The van der Waals surface area contributed by atoms with Crippen LogP contribution in [0.15, 0.2) is 0 Å². The molecule has 2 aliphatic rings. The van der Waals surface area contributed by atoms with Gasteiger partial charge in [0.2, 0.25) is 0 Å². The summed E-state index contributed by atoms with van der Waals surface area (Å²) >= 11 is 0. The van der Waals surface area contributed by atoms with Gasteiger partial charge in [-0.15, -0.1) is 0 Å². The van der Waals surface area contributed by atoms with Gasteiger partial charge in [-0.05, 0) is 51.2 Å². The van der Waals surface area contributed by atoms with Crippen molar-refractivity contribution in [1.82, 2.24) is 10.2 Å². The van der Waals surface area contributed by atoms with Gasteiger partial charge in [0, 0.05) is 12.6 Å². The molecular formula is C13H26N2. The van der Waals surface area contributed by atoms with Gasteiger partial charge in [0.05, 0.1) is 0 Å². The number of rotatable bonds is 5. The summed E-state index contributed by atoms with van der Waals surface area (Å²) in [6.45, 7) is 7.54. The minimum Gasteiger partial charge on any atom is -0.314 e. The van der Waals surface area contributed by atoms with Crippen LogP contribution in [0, 0.1) is 5.92 Å². The average molecular weight is 210 g/mol. The molecule has 88 valence electrons. The van der Waals surface area contributed by atoms with Crippen LogP contribution in [0.4, 0.5) is 0 Å². The third-order valence-corrected chi connectivity index (χ3v) is 3.96. The molecule has 1 aliphatic heterocycles. The highest BCUT2D eigenvalue weighted by Crippen LogP contribution is 2.20. The van der Waals surface area contributed by atoms with Gasteiger partial charge in [0.25, 0.3) is 0 Å². The average Bonchev–Trinajstić information content (AvgIpc) is 2.85. The molecule has 15 heavy (non-hydrogen) atoms. The molecule has 0 aromatic heterocycles. The standard InChI is InChI=1S/C13H26N2/c1-2-8-15-9-7-12(11-15)10-14-13-5-3-4-6-13/h12-14H,2-11H2,1H3. The van der Waals surface area contributed by atoms with Crippen molar-refractivity contribution in [3.05, 3.63) is 0 Å². The smallest absolute Gasteiger partial charge is 0.00671 e. The van der Waals surface area contributed by atoms with Crippen LogP contribution in [-0.4, -0.2) is 37.1 Å². The molecule has 1 saturated heterocycles. The number of hydrogen-bond donors (Lipinski definition) is 1. The van der Waals surface area contributed by atoms with Crippen molar-refractivity contribution in [2.45, 2.75) is 51.5 Å². The Morgan fingerprint density at radius 1 is 1.20 bits per heavy atom. The second-order valence-corrected chi connectivity index (χ2v) is 5.34. The third kappa shape index (κ3) is 3.46. The monoisotopic (exact) mass is 210 g/mol. The Labute approximate surface area is 94.4 Å². The molecule has 2 rings (SSSR count). The maximum absolute atomic E-state index is 3.76. The van der Waals surface area contributed by atoms with Crippen molar-refractivity contribution in [1.29, 1.82) is 0 Å². The summed E-state index contributed by atoms with van der Waals surface area (Å²) in [5.41, 5.74) is 0. The van der Waals surface area contributed by atoms with Gasteiger partial charge in [-0.1, -0.05) is 19.8 Å². The zero-order chi connectivity index (χ0) is 10.5. The highest BCUT2D eigenvalue weighted by atomic mass is 15.1. The zero-order valence-electron chi connectivity index (χ0n) is 10.2. The van der Waals surface area contributed by atoms with Crippen molar-refractivity contribution in [2.75, 3.05) is 26.2 Å². The molecule has 0 radical (unpaired) electrons. The molecule has 0 aromatic carbocycles. The molecule has 1 unspecified atom stereocenters. The number of nitrogens with zero attached hydrogens (tertiary/aromatic N) is 1. The molecule has 1 N–H and O–H groups in total. The summed E-state index contributed by atoms with van der Waals surface area (Å²) in [5.74, 6) is 0.928. The lowest BCUT2D eigenvalue weighted by Crippen LogP contribution is -2.32. The van der Waals surface area contributed by atoms with Crippen LogP contribution in [0.3, 0.4) is 0 Å². The largest absolute Gasteiger partial charge is 0.314 e. The summed E-state index contributed by atoms with van der Waals surface area (Å²) in [6, 6.07) is 0.852. The van der Waals surface area contributed by atoms with E-state index in [0.717, 1.165) is 12.0 Å². The van der Waals surface area contributed by atoms with E-state index in [1.165, 1.54) is 64.7 Å². The minimum atomic E-state index is 0.852. The summed E-state index contributed by atoms with van der Waals surface area (Å²) in [7, 11) is 0. The Balaban J connectivity index is 1.59. The molecule has 1 saturated carbocycles. The summed E-state index contributed by atoms with van der Waals surface area (Å²) in [6.07, 6.45) is 8.47. The molecule has 0 aromatic rings. The van der Waals surface area contributed by atoms with E-state index in [1.54, 1.807) is 0 Å².